The SMILES string of the molecule is COC1=CC2[C@@H]3Cc4ccc(OC)c(C)c4[C@]2(CCN3CC(C)=O)CC1=O. The number of carbonyl (C=O) groups is 2. The lowest BCUT2D eigenvalue weighted by molar-refractivity contribution is -0.125. The average Bonchev–Trinajstić information content (AvgIpc) is 2.62. The molecule has 0 aromatic heterocycles. The Balaban J connectivity index is 1.91. The van der Waals surface area contributed by atoms with E-state index in [2.05, 4.69) is 17.9 Å². The Morgan fingerprint density at radius 1 is 1.30 bits per heavy atom. The van der Waals surface area contributed by atoms with E-state index in [-0.39, 0.29) is 28.9 Å². The van der Waals surface area contributed by atoms with Crippen molar-refractivity contribution in [2.24, 2.45) is 5.92 Å². The van der Waals surface area contributed by atoms with Crippen LogP contribution in [-0.4, -0.2) is 49.8 Å². The molecule has 3 aliphatic rings. The van der Waals surface area contributed by atoms with Crippen LogP contribution in [0.25, 0.3) is 0 Å². The number of ketones is 2. The third-order valence-electron chi connectivity index (χ3n) is 6.74. The summed E-state index contributed by atoms with van der Waals surface area (Å²) < 4.78 is 11.0. The Morgan fingerprint density at radius 3 is 2.74 bits per heavy atom. The summed E-state index contributed by atoms with van der Waals surface area (Å²) in [7, 11) is 3.26. The van der Waals surface area contributed by atoms with Crippen molar-refractivity contribution >= 4 is 11.6 Å². The summed E-state index contributed by atoms with van der Waals surface area (Å²) in [6, 6.07) is 4.38. The summed E-state index contributed by atoms with van der Waals surface area (Å²) in [6.07, 6.45) is 4.23. The molecule has 27 heavy (non-hydrogen) atoms. The van der Waals surface area contributed by atoms with E-state index in [1.807, 2.05) is 12.1 Å². The van der Waals surface area contributed by atoms with Crippen LogP contribution in [0.5, 0.6) is 5.75 Å². The van der Waals surface area contributed by atoms with Gasteiger partial charge in [0.2, 0.25) is 0 Å². The summed E-state index contributed by atoms with van der Waals surface area (Å²) in [4.78, 5) is 27.0. The normalized spacial score (nSPS) is 29.5. The third-order valence-corrected chi connectivity index (χ3v) is 6.74. The molecule has 0 spiro atoms. The molecule has 0 radical (unpaired) electrons. The molecule has 0 N–H and O–H groups in total. The van der Waals surface area contributed by atoms with Gasteiger partial charge >= 0.3 is 0 Å². The third kappa shape index (κ3) is 2.63. The first-order valence-corrected chi connectivity index (χ1v) is 9.60. The summed E-state index contributed by atoms with van der Waals surface area (Å²) >= 11 is 0. The first-order chi connectivity index (χ1) is 12.9. The zero-order valence-corrected chi connectivity index (χ0v) is 16.5. The van der Waals surface area contributed by atoms with Gasteiger partial charge in [-0.2, -0.15) is 0 Å². The molecule has 0 amide bonds. The molecule has 5 nitrogen and oxygen atoms in total. The largest absolute Gasteiger partial charge is 0.496 e. The number of hydrogen-bond donors (Lipinski definition) is 0. The molecule has 1 aliphatic heterocycles. The molecular weight excluding hydrogens is 342 g/mol. The molecule has 1 fully saturated rings. The number of methoxy groups -OCH3 is 2. The highest BCUT2D eigenvalue weighted by Crippen LogP contribution is 2.55. The van der Waals surface area contributed by atoms with Crippen LogP contribution in [0, 0.1) is 12.8 Å². The lowest BCUT2D eigenvalue weighted by Crippen LogP contribution is -2.62. The van der Waals surface area contributed by atoms with Gasteiger partial charge in [0.1, 0.15) is 11.5 Å². The first kappa shape index (κ1) is 18.2. The number of ether oxygens (including phenoxy) is 2. The number of piperidine rings is 1. The van der Waals surface area contributed by atoms with Gasteiger partial charge in [0.25, 0.3) is 0 Å². The van der Waals surface area contributed by atoms with Crippen LogP contribution < -0.4 is 4.74 Å². The molecule has 2 aliphatic carbocycles. The minimum Gasteiger partial charge on any atom is -0.496 e. The van der Waals surface area contributed by atoms with E-state index < -0.39 is 0 Å². The van der Waals surface area contributed by atoms with Crippen molar-refractivity contribution in [2.75, 3.05) is 27.3 Å². The topological polar surface area (TPSA) is 55.8 Å². The van der Waals surface area contributed by atoms with E-state index in [1.54, 1.807) is 21.1 Å². The lowest BCUT2D eigenvalue weighted by atomic mass is 9.53. The lowest BCUT2D eigenvalue weighted by Gasteiger charge is -2.57. The molecular formula is C22H27NO4. The predicted octanol–water partition coefficient (Wildman–Crippen LogP) is 2.58. The fourth-order valence-electron chi connectivity index (χ4n) is 5.74. The summed E-state index contributed by atoms with van der Waals surface area (Å²) in [5, 5.41) is 0. The van der Waals surface area contributed by atoms with Gasteiger partial charge < -0.3 is 9.47 Å². The standard InChI is InChI=1S/C22H27NO4/c1-13(24)12-23-8-7-22-11-18(25)20(27-4)10-16(22)17(23)9-15-5-6-19(26-3)14(2)21(15)22/h5-6,10,16-17H,7-9,11-12H2,1-4H3/t16?,17-,22+/m0/s1. The molecule has 2 bridgehead atoms. The van der Waals surface area contributed by atoms with E-state index in [0.717, 1.165) is 30.7 Å². The highest BCUT2D eigenvalue weighted by molar-refractivity contribution is 5.96. The number of likely N-dealkylation sites (tertiary alicyclic amines) is 1. The predicted molar refractivity (Wildman–Crippen MR) is 102 cm³/mol. The second-order valence-electron chi connectivity index (χ2n) is 8.14. The van der Waals surface area contributed by atoms with Gasteiger partial charge in [-0.15, -0.1) is 0 Å². The van der Waals surface area contributed by atoms with E-state index in [1.165, 1.54) is 11.1 Å². The summed E-state index contributed by atoms with van der Waals surface area (Å²) in [6.45, 7) is 5.05. The van der Waals surface area contributed by atoms with Crippen molar-refractivity contribution in [3.8, 4) is 5.75 Å². The van der Waals surface area contributed by atoms with Crippen LogP contribution in [-0.2, 0) is 26.2 Å². The molecule has 4 rings (SSSR count). The molecule has 1 aromatic rings. The Kier molecular flexibility index (Phi) is 4.38. The van der Waals surface area contributed by atoms with Crippen molar-refractivity contribution in [1.82, 2.24) is 4.90 Å². The van der Waals surface area contributed by atoms with Crippen LogP contribution >= 0.6 is 0 Å². The van der Waals surface area contributed by atoms with E-state index in [9.17, 15) is 9.59 Å². The maximum absolute atomic E-state index is 12.8. The Bertz CT molecular complexity index is 843. The van der Waals surface area contributed by atoms with Crippen LogP contribution in [0.4, 0.5) is 0 Å². The Morgan fingerprint density at radius 2 is 2.07 bits per heavy atom. The van der Waals surface area contributed by atoms with Crippen molar-refractivity contribution < 1.29 is 19.1 Å². The van der Waals surface area contributed by atoms with Crippen LogP contribution in [0.2, 0.25) is 0 Å². The average molecular weight is 369 g/mol. The summed E-state index contributed by atoms with van der Waals surface area (Å²) in [5.74, 6) is 1.76. The van der Waals surface area contributed by atoms with Crippen LogP contribution in [0.15, 0.2) is 24.0 Å². The van der Waals surface area contributed by atoms with Gasteiger partial charge in [0, 0.05) is 23.8 Å². The molecule has 1 saturated heterocycles. The van der Waals surface area contributed by atoms with Gasteiger partial charge in [-0.25, -0.2) is 0 Å². The van der Waals surface area contributed by atoms with Crippen molar-refractivity contribution in [3.05, 3.63) is 40.7 Å². The van der Waals surface area contributed by atoms with Gasteiger partial charge in [-0.05, 0) is 62.1 Å². The van der Waals surface area contributed by atoms with Gasteiger partial charge in [0.15, 0.2) is 11.5 Å². The number of fused-ring (bicyclic) bond motifs is 1. The van der Waals surface area contributed by atoms with Crippen molar-refractivity contribution in [1.29, 1.82) is 0 Å². The number of allylic oxidation sites excluding steroid dienone is 1. The van der Waals surface area contributed by atoms with Crippen molar-refractivity contribution in [2.45, 2.75) is 44.6 Å². The summed E-state index contributed by atoms with van der Waals surface area (Å²) in [5.41, 5.74) is 3.47. The van der Waals surface area contributed by atoms with Gasteiger partial charge in [-0.1, -0.05) is 6.07 Å². The highest BCUT2D eigenvalue weighted by Gasteiger charge is 2.56. The van der Waals surface area contributed by atoms with Crippen LogP contribution in [0.3, 0.4) is 0 Å². The first-order valence-electron chi connectivity index (χ1n) is 9.60. The fraction of sp³-hybridized carbons (Fsp3) is 0.545. The Hall–Kier alpha value is -2.14. The van der Waals surface area contributed by atoms with E-state index in [4.69, 9.17) is 9.47 Å². The van der Waals surface area contributed by atoms with E-state index in [0.29, 0.717) is 18.7 Å². The molecule has 0 saturated carbocycles. The minimum atomic E-state index is -0.233. The maximum Gasteiger partial charge on any atom is 0.197 e. The number of benzene rings is 1. The molecule has 3 atom stereocenters. The Labute approximate surface area is 160 Å². The highest BCUT2D eigenvalue weighted by atomic mass is 16.5. The molecule has 144 valence electrons. The molecule has 1 heterocycles. The number of hydrogen-bond acceptors (Lipinski definition) is 5. The molecule has 1 unspecified atom stereocenters. The van der Waals surface area contributed by atoms with Crippen LogP contribution in [0.1, 0.15) is 36.5 Å². The zero-order valence-electron chi connectivity index (χ0n) is 16.5. The maximum atomic E-state index is 12.8. The zero-order chi connectivity index (χ0) is 19.3. The monoisotopic (exact) mass is 369 g/mol. The number of rotatable bonds is 4. The second kappa shape index (κ2) is 6.48. The quantitative estimate of drug-likeness (QED) is 0.817. The van der Waals surface area contributed by atoms with Crippen molar-refractivity contribution in [3.63, 3.8) is 0 Å². The number of carbonyl (C=O) groups excluding carboxylic acids is 2. The second-order valence-corrected chi connectivity index (χ2v) is 8.14. The molecule has 5 heteroatoms. The van der Waals surface area contributed by atoms with E-state index >= 15 is 0 Å². The molecule has 1 aromatic carbocycles. The number of Topliss-reactive ketones (excluding diaryl/α,β-unsaturated/α-hetero) is 2. The number of nitrogens with zero attached hydrogens (tertiary/aromatic N) is 1. The fourth-order valence-corrected chi connectivity index (χ4v) is 5.74. The van der Waals surface area contributed by atoms with Gasteiger partial charge in [-0.3, -0.25) is 14.5 Å². The minimum absolute atomic E-state index is 0.0718. The van der Waals surface area contributed by atoms with Gasteiger partial charge in [0.05, 0.1) is 20.8 Å². The smallest absolute Gasteiger partial charge is 0.197 e.